The maximum Gasteiger partial charge on any atom is 0.307 e. The highest BCUT2D eigenvalue weighted by atomic mass is 32.1. The molecule has 0 saturated carbocycles. The second kappa shape index (κ2) is 7.32. The van der Waals surface area contributed by atoms with Crippen LogP contribution in [0.15, 0.2) is 60.7 Å². The van der Waals surface area contributed by atoms with Crippen molar-refractivity contribution in [3.05, 3.63) is 76.7 Å². The Morgan fingerprint density at radius 3 is 2.48 bits per heavy atom. The second-order valence-electron chi connectivity index (χ2n) is 5.46. The van der Waals surface area contributed by atoms with Gasteiger partial charge in [0.1, 0.15) is 5.75 Å². The van der Waals surface area contributed by atoms with Crippen LogP contribution in [0.4, 0.5) is 0 Å². The van der Waals surface area contributed by atoms with Gasteiger partial charge in [-0.1, -0.05) is 42.5 Å². The first-order valence-electron chi connectivity index (χ1n) is 7.67. The summed E-state index contributed by atoms with van der Waals surface area (Å²) in [6.45, 7) is 0. The lowest BCUT2D eigenvalue weighted by Crippen LogP contribution is -2.01. The number of carboxylic acids is 1. The van der Waals surface area contributed by atoms with Crippen LogP contribution < -0.4 is 4.74 Å². The molecule has 0 aliphatic rings. The largest absolute Gasteiger partial charge is 0.497 e. The summed E-state index contributed by atoms with van der Waals surface area (Å²) in [6, 6.07) is 18.1. The molecule has 0 aliphatic heterocycles. The molecule has 4 nitrogen and oxygen atoms in total. The molecule has 2 aromatic carbocycles. The topological polar surface area (TPSA) is 63.6 Å². The minimum atomic E-state index is -0.921. The van der Waals surface area contributed by atoms with Crippen molar-refractivity contribution in [1.82, 2.24) is 0 Å². The van der Waals surface area contributed by atoms with Gasteiger partial charge in [-0.25, -0.2) is 0 Å². The van der Waals surface area contributed by atoms with Crippen molar-refractivity contribution in [1.29, 1.82) is 0 Å². The molecular formula is C20H16O4S. The molecule has 0 bridgehead atoms. The van der Waals surface area contributed by atoms with Crippen LogP contribution in [0.25, 0.3) is 10.4 Å². The van der Waals surface area contributed by atoms with E-state index in [9.17, 15) is 14.7 Å². The summed E-state index contributed by atoms with van der Waals surface area (Å²) in [5.41, 5.74) is 2.07. The molecule has 0 amide bonds. The Hall–Kier alpha value is -2.92. The first-order chi connectivity index (χ1) is 12.1. The molecule has 3 rings (SSSR count). The van der Waals surface area contributed by atoms with E-state index in [4.69, 9.17) is 4.74 Å². The smallest absolute Gasteiger partial charge is 0.307 e. The van der Waals surface area contributed by atoms with E-state index in [1.54, 1.807) is 37.4 Å². The number of hydrogen-bond donors (Lipinski definition) is 1. The van der Waals surface area contributed by atoms with Crippen LogP contribution in [0.3, 0.4) is 0 Å². The number of carboxylic acid groups (broad SMARTS) is 1. The Labute approximate surface area is 149 Å². The maximum absolute atomic E-state index is 12.8. The fraction of sp³-hybridized carbons (Fsp3) is 0.100. The number of carbonyl (C=O) groups is 2. The van der Waals surface area contributed by atoms with Crippen molar-refractivity contribution in [2.75, 3.05) is 7.11 Å². The van der Waals surface area contributed by atoms with E-state index in [1.807, 2.05) is 30.3 Å². The Balaban J connectivity index is 2.03. The van der Waals surface area contributed by atoms with Crippen LogP contribution in [-0.2, 0) is 11.2 Å². The van der Waals surface area contributed by atoms with Gasteiger partial charge in [0.2, 0.25) is 5.78 Å². The third-order valence-electron chi connectivity index (χ3n) is 3.74. The van der Waals surface area contributed by atoms with Gasteiger partial charge >= 0.3 is 5.97 Å². The zero-order valence-electron chi connectivity index (χ0n) is 13.6. The van der Waals surface area contributed by atoms with Gasteiger partial charge in [0.15, 0.2) is 0 Å². The minimum absolute atomic E-state index is 0.119. The van der Waals surface area contributed by atoms with Crippen molar-refractivity contribution in [3.8, 4) is 16.2 Å². The van der Waals surface area contributed by atoms with E-state index in [1.165, 1.54) is 11.3 Å². The van der Waals surface area contributed by atoms with Crippen LogP contribution in [0.5, 0.6) is 5.75 Å². The number of ketones is 1. The third kappa shape index (κ3) is 3.78. The Kier molecular flexibility index (Phi) is 4.95. The van der Waals surface area contributed by atoms with Gasteiger partial charge in [-0.05, 0) is 29.3 Å². The van der Waals surface area contributed by atoms with Crippen molar-refractivity contribution in [2.24, 2.45) is 0 Å². The SMILES string of the molecule is COc1cccc(C(=O)c2cc(CC(=O)O)c(-c3ccccc3)s2)c1. The first kappa shape index (κ1) is 16.9. The fourth-order valence-electron chi connectivity index (χ4n) is 2.58. The predicted octanol–water partition coefficient (Wildman–Crippen LogP) is 4.28. The number of aliphatic carboxylic acids is 1. The molecule has 1 N–H and O–H groups in total. The average Bonchev–Trinajstić information content (AvgIpc) is 3.05. The number of benzene rings is 2. The van der Waals surface area contributed by atoms with Crippen LogP contribution in [0.2, 0.25) is 0 Å². The lowest BCUT2D eigenvalue weighted by atomic mass is 10.0. The fourth-order valence-corrected chi connectivity index (χ4v) is 3.72. The number of methoxy groups -OCH3 is 1. The minimum Gasteiger partial charge on any atom is -0.497 e. The van der Waals surface area contributed by atoms with Crippen LogP contribution in [0.1, 0.15) is 20.8 Å². The van der Waals surface area contributed by atoms with Crippen molar-refractivity contribution < 1.29 is 19.4 Å². The van der Waals surface area contributed by atoms with Gasteiger partial charge in [0, 0.05) is 10.4 Å². The molecule has 0 fully saturated rings. The van der Waals surface area contributed by atoms with Crippen molar-refractivity contribution in [3.63, 3.8) is 0 Å². The highest BCUT2D eigenvalue weighted by Gasteiger charge is 2.19. The van der Waals surface area contributed by atoms with E-state index in [0.717, 1.165) is 10.4 Å². The molecular weight excluding hydrogens is 336 g/mol. The van der Waals surface area contributed by atoms with E-state index in [-0.39, 0.29) is 12.2 Å². The first-order valence-corrected chi connectivity index (χ1v) is 8.49. The lowest BCUT2D eigenvalue weighted by molar-refractivity contribution is -0.136. The summed E-state index contributed by atoms with van der Waals surface area (Å²) in [5, 5.41) is 9.17. The Bertz CT molecular complexity index is 912. The normalized spacial score (nSPS) is 10.4. The maximum atomic E-state index is 12.8. The van der Waals surface area contributed by atoms with Crippen LogP contribution >= 0.6 is 11.3 Å². The van der Waals surface area contributed by atoms with Crippen LogP contribution in [-0.4, -0.2) is 24.0 Å². The number of rotatable bonds is 6. The quantitative estimate of drug-likeness (QED) is 0.673. The predicted molar refractivity (Wildman–Crippen MR) is 97.5 cm³/mol. The molecule has 0 unspecified atom stereocenters. The molecule has 126 valence electrons. The van der Waals surface area contributed by atoms with Gasteiger partial charge in [-0.15, -0.1) is 11.3 Å². The van der Waals surface area contributed by atoms with Gasteiger partial charge < -0.3 is 9.84 Å². The molecule has 0 atom stereocenters. The molecule has 25 heavy (non-hydrogen) atoms. The van der Waals surface area contributed by atoms with Gasteiger partial charge in [0.25, 0.3) is 0 Å². The highest BCUT2D eigenvalue weighted by Crippen LogP contribution is 2.34. The van der Waals surface area contributed by atoms with Crippen molar-refractivity contribution in [2.45, 2.75) is 6.42 Å². The summed E-state index contributed by atoms with van der Waals surface area (Å²) in [5.74, 6) is -0.454. The molecule has 1 heterocycles. The molecule has 1 aromatic heterocycles. The Morgan fingerprint density at radius 1 is 1.04 bits per heavy atom. The highest BCUT2D eigenvalue weighted by molar-refractivity contribution is 7.17. The van der Waals surface area contributed by atoms with Gasteiger partial charge in [-0.3, -0.25) is 9.59 Å². The number of carbonyl (C=O) groups excluding carboxylic acids is 1. The van der Waals surface area contributed by atoms with E-state index >= 15 is 0 Å². The zero-order valence-corrected chi connectivity index (χ0v) is 14.4. The van der Waals surface area contributed by atoms with Crippen molar-refractivity contribution >= 4 is 23.1 Å². The molecule has 3 aromatic rings. The van der Waals surface area contributed by atoms with E-state index < -0.39 is 5.97 Å². The molecule has 5 heteroatoms. The molecule has 0 spiro atoms. The molecule has 0 radical (unpaired) electrons. The molecule has 0 aliphatic carbocycles. The second-order valence-corrected chi connectivity index (χ2v) is 6.51. The average molecular weight is 352 g/mol. The lowest BCUT2D eigenvalue weighted by Gasteiger charge is -2.02. The third-order valence-corrected chi connectivity index (χ3v) is 4.97. The monoisotopic (exact) mass is 352 g/mol. The summed E-state index contributed by atoms with van der Waals surface area (Å²) < 4.78 is 5.17. The summed E-state index contributed by atoms with van der Waals surface area (Å²) in [4.78, 5) is 25.3. The molecule has 0 saturated heterocycles. The van der Waals surface area contributed by atoms with Gasteiger partial charge in [-0.2, -0.15) is 0 Å². The van der Waals surface area contributed by atoms with E-state index in [2.05, 4.69) is 0 Å². The number of thiophene rings is 1. The Morgan fingerprint density at radius 2 is 1.80 bits per heavy atom. The summed E-state index contributed by atoms with van der Waals surface area (Å²) in [7, 11) is 1.55. The summed E-state index contributed by atoms with van der Waals surface area (Å²) >= 11 is 1.32. The zero-order chi connectivity index (χ0) is 17.8. The standard InChI is InChI=1S/C20H16O4S/c1-24-16-9-5-8-14(10-16)19(23)17-11-15(12-18(21)22)20(25-17)13-6-3-2-4-7-13/h2-11H,12H2,1H3,(H,21,22). The van der Waals surface area contributed by atoms with Crippen LogP contribution in [0, 0.1) is 0 Å². The number of hydrogen-bond acceptors (Lipinski definition) is 4. The number of ether oxygens (including phenoxy) is 1. The van der Waals surface area contributed by atoms with E-state index in [0.29, 0.717) is 21.8 Å². The van der Waals surface area contributed by atoms with Gasteiger partial charge in [0.05, 0.1) is 18.4 Å². The summed E-state index contributed by atoms with van der Waals surface area (Å²) in [6.07, 6.45) is -0.119.